The highest BCUT2D eigenvalue weighted by molar-refractivity contribution is 7.92. The summed E-state index contributed by atoms with van der Waals surface area (Å²) in [5.41, 5.74) is 0.722. The summed E-state index contributed by atoms with van der Waals surface area (Å²) < 4.78 is 30.9. The molecule has 0 amide bonds. The van der Waals surface area contributed by atoms with E-state index in [1.807, 2.05) is 23.6 Å². The van der Waals surface area contributed by atoms with Crippen molar-refractivity contribution in [2.45, 2.75) is 23.3 Å². The summed E-state index contributed by atoms with van der Waals surface area (Å²) in [6, 6.07) is 10.7. The van der Waals surface area contributed by atoms with E-state index in [-0.39, 0.29) is 0 Å². The molecule has 0 spiro atoms. The van der Waals surface area contributed by atoms with Gasteiger partial charge in [-0.25, -0.2) is 13.4 Å². The van der Waals surface area contributed by atoms with Crippen molar-refractivity contribution in [2.75, 3.05) is 0 Å². The number of ether oxygens (including phenoxy) is 1. The fraction of sp³-hybridized carbons (Fsp3) is 0.214. The van der Waals surface area contributed by atoms with Crippen LogP contribution in [0.15, 0.2) is 51.7 Å². The lowest BCUT2D eigenvalue weighted by molar-refractivity contribution is 0.231. The third kappa shape index (κ3) is 2.14. The van der Waals surface area contributed by atoms with Gasteiger partial charge in [0.1, 0.15) is 0 Å². The topological polar surface area (TPSA) is 55.7 Å². The smallest absolute Gasteiger partial charge is 0.205 e. The number of rotatable bonds is 3. The highest BCUT2D eigenvalue weighted by Crippen LogP contribution is 2.36. The van der Waals surface area contributed by atoms with Crippen molar-refractivity contribution in [1.82, 2.24) is 0 Å². The molecule has 0 aliphatic carbocycles. The van der Waals surface area contributed by atoms with Gasteiger partial charge in [-0.05, 0) is 30.0 Å². The number of hydrogen-bond acceptors (Lipinski definition) is 5. The third-order valence-corrected chi connectivity index (χ3v) is 6.23. The van der Waals surface area contributed by atoms with Crippen LogP contribution >= 0.6 is 11.3 Å². The van der Waals surface area contributed by atoms with Crippen LogP contribution in [-0.4, -0.2) is 20.2 Å². The molecular weight excluding hydrogens is 294 g/mol. The summed E-state index contributed by atoms with van der Waals surface area (Å²) >= 11 is 1.47. The number of hydrogen-bond donors (Lipinski definition) is 0. The van der Waals surface area contributed by atoms with Crippen LogP contribution in [0, 0.1) is 6.92 Å². The Morgan fingerprint density at radius 1 is 1.20 bits per heavy atom. The first-order chi connectivity index (χ1) is 9.60. The lowest BCUT2D eigenvalue weighted by Crippen LogP contribution is -2.24. The Kier molecular flexibility index (Phi) is 3.35. The van der Waals surface area contributed by atoms with E-state index in [0.29, 0.717) is 4.90 Å². The van der Waals surface area contributed by atoms with Crippen molar-refractivity contribution in [3.05, 3.63) is 52.2 Å². The third-order valence-electron chi connectivity index (χ3n) is 3.22. The first-order valence-corrected chi connectivity index (χ1v) is 8.53. The van der Waals surface area contributed by atoms with Gasteiger partial charge in [0, 0.05) is 4.88 Å². The zero-order valence-corrected chi connectivity index (χ0v) is 12.4. The Morgan fingerprint density at radius 2 is 2.00 bits per heavy atom. The molecule has 0 fully saturated rings. The van der Waals surface area contributed by atoms with Crippen molar-refractivity contribution in [2.24, 2.45) is 4.99 Å². The molecule has 1 aromatic carbocycles. The summed E-state index contributed by atoms with van der Waals surface area (Å²) in [6.07, 6.45) is 0.685. The van der Waals surface area contributed by atoms with Crippen LogP contribution < -0.4 is 0 Å². The molecule has 0 bridgehead atoms. The van der Waals surface area contributed by atoms with Crippen molar-refractivity contribution < 1.29 is 13.2 Å². The highest BCUT2D eigenvalue weighted by Gasteiger charge is 2.40. The van der Waals surface area contributed by atoms with E-state index in [9.17, 15) is 8.42 Å². The Labute approximate surface area is 121 Å². The number of nitrogens with zero attached hydrogens (tertiary/aromatic N) is 1. The fourth-order valence-corrected chi connectivity index (χ4v) is 4.88. The number of sulfone groups is 1. The summed E-state index contributed by atoms with van der Waals surface area (Å²) in [5.74, 6) is 0. The Hall–Kier alpha value is -1.66. The van der Waals surface area contributed by atoms with Crippen LogP contribution in [0.1, 0.15) is 16.5 Å². The zero-order chi connectivity index (χ0) is 14.2. The second-order valence-electron chi connectivity index (χ2n) is 4.53. The van der Waals surface area contributed by atoms with Gasteiger partial charge in [-0.15, -0.1) is 11.3 Å². The molecule has 104 valence electrons. The molecule has 4 nitrogen and oxygen atoms in total. The van der Waals surface area contributed by atoms with E-state index in [0.717, 1.165) is 10.4 Å². The van der Waals surface area contributed by atoms with Crippen molar-refractivity contribution >= 4 is 27.6 Å². The number of benzene rings is 1. The molecule has 0 saturated heterocycles. The molecule has 2 atom stereocenters. The molecule has 0 saturated carbocycles. The van der Waals surface area contributed by atoms with Crippen LogP contribution in [0.3, 0.4) is 0 Å². The first kappa shape index (κ1) is 13.3. The van der Waals surface area contributed by atoms with Gasteiger partial charge in [-0.3, -0.25) is 0 Å². The Balaban J connectivity index is 2.03. The molecule has 3 rings (SSSR count). The molecule has 0 radical (unpaired) electrons. The first-order valence-electron chi connectivity index (χ1n) is 6.11. The molecule has 6 heteroatoms. The Morgan fingerprint density at radius 3 is 2.70 bits per heavy atom. The minimum Gasteiger partial charge on any atom is -0.471 e. The highest BCUT2D eigenvalue weighted by atomic mass is 32.2. The molecule has 0 unspecified atom stereocenters. The van der Waals surface area contributed by atoms with Crippen LogP contribution in [0.25, 0.3) is 0 Å². The summed E-state index contributed by atoms with van der Waals surface area (Å²) in [4.78, 5) is 5.21. The second-order valence-corrected chi connectivity index (χ2v) is 7.52. The molecule has 20 heavy (non-hydrogen) atoms. The van der Waals surface area contributed by atoms with E-state index < -0.39 is 21.3 Å². The number of thiophene rings is 1. The van der Waals surface area contributed by atoms with Gasteiger partial charge in [-0.2, -0.15) is 0 Å². The quantitative estimate of drug-likeness (QED) is 0.876. The SMILES string of the molecule is Cc1ccccc1S(=O)(=O)[C@H]1N=CO[C@H]1c1cccs1. The summed E-state index contributed by atoms with van der Waals surface area (Å²) in [5, 5.41) is 0.983. The second kappa shape index (κ2) is 5.03. The Bertz CT molecular complexity index is 736. The largest absolute Gasteiger partial charge is 0.471 e. The van der Waals surface area contributed by atoms with Gasteiger partial charge in [0.15, 0.2) is 12.5 Å². The number of aliphatic imine (C=N–C) groups is 1. The number of aryl methyl sites for hydroxylation is 1. The van der Waals surface area contributed by atoms with Gasteiger partial charge >= 0.3 is 0 Å². The molecule has 0 N–H and O–H groups in total. The van der Waals surface area contributed by atoms with Gasteiger partial charge < -0.3 is 4.74 Å². The predicted octanol–water partition coefficient (Wildman–Crippen LogP) is 2.96. The lowest BCUT2D eigenvalue weighted by atomic mass is 10.2. The van der Waals surface area contributed by atoms with E-state index >= 15 is 0 Å². The summed E-state index contributed by atoms with van der Waals surface area (Å²) in [7, 11) is -3.56. The maximum atomic E-state index is 12.8. The normalized spacial score (nSPS) is 21.9. The average Bonchev–Trinajstić information content (AvgIpc) is 3.10. The van der Waals surface area contributed by atoms with Crippen LogP contribution in [0.5, 0.6) is 0 Å². The van der Waals surface area contributed by atoms with E-state index in [4.69, 9.17) is 4.74 Å². The predicted molar refractivity (Wildman–Crippen MR) is 78.8 cm³/mol. The maximum Gasteiger partial charge on any atom is 0.205 e. The molecule has 2 aromatic rings. The fourth-order valence-electron chi connectivity index (χ4n) is 2.22. The monoisotopic (exact) mass is 307 g/mol. The molecule has 1 aromatic heterocycles. The van der Waals surface area contributed by atoms with Crippen molar-refractivity contribution in [1.29, 1.82) is 0 Å². The molecular formula is C14H13NO3S2. The van der Waals surface area contributed by atoms with E-state index in [1.54, 1.807) is 25.1 Å². The van der Waals surface area contributed by atoms with Gasteiger partial charge in [0.2, 0.25) is 15.2 Å². The minimum absolute atomic E-state index is 0.314. The van der Waals surface area contributed by atoms with Crippen molar-refractivity contribution in [3.8, 4) is 0 Å². The van der Waals surface area contributed by atoms with Crippen molar-refractivity contribution in [3.63, 3.8) is 0 Å². The van der Waals surface area contributed by atoms with Crippen LogP contribution in [0.4, 0.5) is 0 Å². The van der Waals surface area contributed by atoms with E-state index in [1.165, 1.54) is 17.7 Å². The molecule has 1 aliphatic rings. The van der Waals surface area contributed by atoms with Gasteiger partial charge in [0.05, 0.1) is 4.90 Å². The molecule has 2 heterocycles. The van der Waals surface area contributed by atoms with Crippen LogP contribution in [0.2, 0.25) is 0 Å². The van der Waals surface area contributed by atoms with E-state index in [2.05, 4.69) is 4.99 Å². The average molecular weight is 307 g/mol. The van der Waals surface area contributed by atoms with Gasteiger partial charge in [0.25, 0.3) is 0 Å². The molecule has 1 aliphatic heterocycles. The maximum absolute atomic E-state index is 12.8. The lowest BCUT2D eigenvalue weighted by Gasteiger charge is -2.17. The standard InChI is InChI=1S/C14H13NO3S2/c1-10-5-2-3-7-12(10)20(16,17)14-13(18-9-15-14)11-6-4-8-19-11/h2-9,13-14H,1H3/t13-,14+/m0/s1. The zero-order valence-electron chi connectivity index (χ0n) is 10.8. The van der Waals surface area contributed by atoms with Crippen LogP contribution in [-0.2, 0) is 14.6 Å². The summed E-state index contributed by atoms with van der Waals surface area (Å²) in [6.45, 7) is 1.78. The van der Waals surface area contributed by atoms with Gasteiger partial charge in [-0.1, -0.05) is 24.3 Å². The minimum atomic E-state index is -3.56.